The van der Waals surface area contributed by atoms with Gasteiger partial charge < -0.3 is 33.4 Å². The summed E-state index contributed by atoms with van der Waals surface area (Å²) in [5.41, 5.74) is 1.62. The number of oxime groups is 1. The summed E-state index contributed by atoms with van der Waals surface area (Å²) in [7, 11) is 6.29. The number of fused-ring (bicyclic) bond motifs is 1. The highest BCUT2D eigenvalue weighted by Gasteiger charge is 2.25. The molecule has 0 radical (unpaired) electrons. The predicted molar refractivity (Wildman–Crippen MR) is 138 cm³/mol. The van der Waals surface area contributed by atoms with E-state index in [1.807, 2.05) is 24.3 Å². The Morgan fingerprint density at radius 2 is 1.57 bits per heavy atom. The summed E-state index contributed by atoms with van der Waals surface area (Å²) in [6.07, 6.45) is 0.875. The van der Waals surface area contributed by atoms with Gasteiger partial charge in [0.2, 0.25) is 6.10 Å². The van der Waals surface area contributed by atoms with Crippen LogP contribution in [0, 0.1) is 0 Å². The first-order chi connectivity index (χ1) is 18.0. The van der Waals surface area contributed by atoms with Crippen LogP contribution in [0.25, 0.3) is 10.8 Å². The van der Waals surface area contributed by atoms with Crippen LogP contribution in [-0.4, -0.2) is 82.3 Å². The number of methoxy groups -OCH3 is 4. The van der Waals surface area contributed by atoms with E-state index in [0.29, 0.717) is 66.3 Å². The molecule has 37 heavy (non-hydrogen) atoms. The van der Waals surface area contributed by atoms with Gasteiger partial charge in [0.25, 0.3) is 5.91 Å². The molecule has 1 fully saturated rings. The van der Waals surface area contributed by atoms with Crippen LogP contribution >= 0.6 is 0 Å². The monoisotopic (exact) mass is 509 g/mol. The molecular formula is C27H31N3O7. The lowest BCUT2D eigenvalue weighted by Crippen LogP contribution is -2.45. The van der Waals surface area contributed by atoms with E-state index in [9.17, 15) is 4.79 Å². The predicted octanol–water partition coefficient (Wildman–Crippen LogP) is 3.29. The fourth-order valence-electron chi connectivity index (χ4n) is 4.12. The molecule has 10 nitrogen and oxygen atoms in total. The van der Waals surface area contributed by atoms with Crippen LogP contribution in [0.2, 0.25) is 0 Å². The Balaban J connectivity index is 1.81. The zero-order valence-electron chi connectivity index (χ0n) is 21.6. The van der Waals surface area contributed by atoms with Crippen molar-refractivity contribution in [3.63, 3.8) is 0 Å². The van der Waals surface area contributed by atoms with Gasteiger partial charge >= 0.3 is 0 Å². The Morgan fingerprint density at radius 1 is 0.919 bits per heavy atom. The quantitative estimate of drug-likeness (QED) is 0.320. The second kappa shape index (κ2) is 11.8. The van der Waals surface area contributed by atoms with Crippen molar-refractivity contribution in [2.45, 2.75) is 13.0 Å². The van der Waals surface area contributed by atoms with Crippen LogP contribution in [0.5, 0.6) is 23.0 Å². The molecule has 4 rings (SSSR count). The van der Waals surface area contributed by atoms with Gasteiger partial charge in [-0.3, -0.25) is 9.78 Å². The van der Waals surface area contributed by atoms with E-state index in [-0.39, 0.29) is 5.91 Å². The summed E-state index contributed by atoms with van der Waals surface area (Å²) in [4.78, 5) is 25.1. The standard InChI is InChI=1S/C27H31N3O7/c1-17(27(31)30-10-12-36-13-11-30)37-29-25(19-6-7-21(32-2)22(15-19)33-3)26-20-16-24(35-5)23(34-4)14-18(20)8-9-28-26/h6-9,14-17H,10-13H2,1-5H3/b29-25+. The van der Waals surface area contributed by atoms with Gasteiger partial charge in [-0.1, -0.05) is 5.16 Å². The molecule has 2 heterocycles. The lowest BCUT2D eigenvalue weighted by molar-refractivity contribution is -0.146. The van der Waals surface area contributed by atoms with E-state index in [1.54, 1.807) is 58.6 Å². The van der Waals surface area contributed by atoms with Crippen molar-refractivity contribution in [2.24, 2.45) is 5.16 Å². The highest BCUT2D eigenvalue weighted by molar-refractivity contribution is 6.18. The topological polar surface area (TPSA) is 101 Å². The molecule has 1 amide bonds. The SMILES string of the molecule is COc1ccc(/C(=N\OC(C)C(=O)N2CCOCC2)c2nccc3cc(OC)c(OC)cc23)cc1OC. The number of hydrogen-bond donors (Lipinski definition) is 0. The van der Waals surface area contributed by atoms with Crippen molar-refractivity contribution in [1.29, 1.82) is 0 Å². The summed E-state index contributed by atoms with van der Waals surface area (Å²) >= 11 is 0. The van der Waals surface area contributed by atoms with Crippen LogP contribution in [-0.2, 0) is 14.4 Å². The molecule has 0 bridgehead atoms. The fraction of sp³-hybridized carbons (Fsp3) is 0.370. The molecule has 10 heteroatoms. The molecule has 1 saturated heterocycles. The number of amides is 1. The zero-order chi connectivity index (χ0) is 26.4. The van der Waals surface area contributed by atoms with Crippen molar-refractivity contribution in [3.8, 4) is 23.0 Å². The molecule has 1 aromatic heterocycles. The van der Waals surface area contributed by atoms with Crippen LogP contribution < -0.4 is 18.9 Å². The minimum Gasteiger partial charge on any atom is -0.493 e. The number of carbonyl (C=O) groups excluding carboxylic acids is 1. The van der Waals surface area contributed by atoms with E-state index in [2.05, 4.69) is 10.1 Å². The van der Waals surface area contributed by atoms with Gasteiger partial charge in [-0.05, 0) is 48.7 Å². The second-order valence-electron chi connectivity index (χ2n) is 8.28. The smallest absolute Gasteiger partial charge is 0.266 e. The Labute approximate surface area is 215 Å². The number of carbonyl (C=O) groups is 1. The summed E-state index contributed by atoms with van der Waals surface area (Å²) in [6.45, 7) is 3.72. The number of hydrogen-bond acceptors (Lipinski definition) is 9. The third-order valence-corrected chi connectivity index (χ3v) is 6.12. The third-order valence-electron chi connectivity index (χ3n) is 6.12. The van der Waals surface area contributed by atoms with Gasteiger partial charge in [-0.2, -0.15) is 0 Å². The first kappa shape index (κ1) is 26.0. The molecule has 196 valence electrons. The minimum absolute atomic E-state index is 0.156. The Bertz CT molecular complexity index is 1290. The lowest BCUT2D eigenvalue weighted by Gasteiger charge is -2.28. The minimum atomic E-state index is -0.808. The summed E-state index contributed by atoms with van der Waals surface area (Å²) < 4.78 is 27.2. The molecular weight excluding hydrogens is 478 g/mol. The Morgan fingerprint density at radius 3 is 2.24 bits per heavy atom. The van der Waals surface area contributed by atoms with Crippen molar-refractivity contribution in [1.82, 2.24) is 9.88 Å². The lowest BCUT2D eigenvalue weighted by atomic mass is 10.0. The number of rotatable bonds is 9. The number of nitrogens with zero attached hydrogens (tertiary/aromatic N) is 3. The molecule has 1 atom stereocenters. The van der Waals surface area contributed by atoms with E-state index in [1.165, 1.54) is 0 Å². The average Bonchev–Trinajstić information content (AvgIpc) is 2.96. The summed E-state index contributed by atoms with van der Waals surface area (Å²) in [5.74, 6) is 2.07. The van der Waals surface area contributed by atoms with Gasteiger partial charge in [-0.25, -0.2) is 0 Å². The first-order valence-electron chi connectivity index (χ1n) is 11.8. The number of benzene rings is 2. The highest BCUT2D eigenvalue weighted by atomic mass is 16.6. The molecule has 0 saturated carbocycles. The van der Waals surface area contributed by atoms with E-state index in [0.717, 1.165) is 10.8 Å². The molecule has 1 aliphatic rings. The van der Waals surface area contributed by atoms with E-state index < -0.39 is 6.10 Å². The van der Waals surface area contributed by atoms with Crippen LogP contribution in [0.15, 0.2) is 47.8 Å². The maximum atomic E-state index is 12.9. The first-order valence-corrected chi connectivity index (χ1v) is 11.8. The van der Waals surface area contributed by atoms with Crippen molar-refractivity contribution in [3.05, 3.63) is 53.9 Å². The summed E-state index contributed by atoms with van der Waals surface area (Å²) in [5, 5.41) is 6.10. The largest absolute Gasteiger partial charge is 0.493 e. The molecule has 2 aromatic carbocycles. The van der Waals surface area contributed by atoms with E-state index in [4.69, 9.17) is 28.5 Å². The Kier molecular flexibility index (Phi) is 8.29. The molecule has 0 N–H and O–H groups in total. The normalized spacial score (nSPS) is 14.7. The van der Waals surface area contributed by atoms with Gasteiger partial charge in [0.05, 0.1) is 41.7 Å². The van der Waals surface area contributed by atoms with Gasteiger partial charge in [0.15, 0.2) is 23.0 Å². The van der Waals surface area contributed by atoms with E-state index >= 15 is 0 Å². The Hall–Kier alpha value is -4.05. The maximum absolute atomic E-state index is 12.9. The number of aromatic nitrogens is 1. The zero-order valence-corrected chi connectivity index (χ0v) is 21.6. The van der Waals surface area contributed by atoms with Crippen molar-refractivity contribution >= 4 is 22.4 Å². The van der Waals surface area contributed by atoms with Crippen molar-refractivity contribution in [2.75, 3.05) is 54.7 Å². The highest BCUT2D eigenvalue weighted by Crippen LogP contribution is 2.35. The maximum Gasteiger partial charge on any atom is 0.266 e. The van der Waals surface area contributed by atoms with Gasteiger partial charge in [-0.15, -0.1) is 0 Å². The van der Waals surface area contributed by atoms with Gasteiger partial charge in [0.1, 0.15) is 11.4 Å². The van der Waals surface area contributed by atoms with Crippen molar-refractivity contribution < 1.29 is 33.3 Å². The van der Waals surface area contributed by atoms with Crippen LogP contribution in [0.1, 0.15) is 18.2 Å². The van der Waals surface area contributed by atoms with Gasteiger partial charge in [0, 0.05) is 30.2 Å². The molecule has 3 aromatic rings. The number of ether oxygens (including phenoxy) is 5. The summed E-state index contributed by atoms with van der Waals surface area (Å²) in [6, 6.07) is 11.0. The number of pyridine rings is 1. The molecule has 1 aliphatic heterocycles. The third kappa shape index (κ3) is 5.54. The molecule has 1 unspecified atom stereocenters. The molecule has 0 spiro atoms. The average molecular weight is 510 g/mol. The second-order valence-corrected chi connectivity index (χ2v) is 8.28. The van der Waals surface area contributed by atoms with Crippen LogP contribution in [0.4, 0.5) is 0 Å². The molecule has 0 aliphatic carbocycles. The fourth-order valence-corrected chi connectivity index (χ4v) is 4.12. The number of morpholine rings is 1. The van der Waals surface area contributed by atoms with Crippen LogP contribution in [0.3, 0.4) is 0 Å².